The molecule has 2 aromatic rings. The van der Waals surface area contributed by atoms with Gasteiger partial charge in [0.15, 0.2) is 18.1 Å². The van der Waals surface area contributed by atoms with Crippen LogP contribution < -0.4 is 9.88 Å². The highest BCUT2D eigenvalue weighted by Crippen LogP contribution is 2.41. The van der Waals surface area contributed by atoms with Gasteiger partial charge in [-0.05, 0) is 30.5 Å². The van der Waals surface area contributed by atoms with Crippen LogP contribution in [0, 0.1) is 5.41 Å². The van der Waals surface area contributed by atoms with Gasteiger partial charge in [0.25, 0.3) is 0 Å². The average Bonchev–Trinajstić information content (AvgIpc) is 2.55. The van der Waals surface area contributed by atoms with Gasteiger partial charge in [-0.1, -0.05) is 42.0 Å². The van der Waals surface area contributed by atoms with Crippen molar-refractivity contribution >= 4 is 34.7 Å². The molecule has 0 amide bonds. The molecule has 3 N–H and O–H groups in total. The Morgan fingerprint density at radius 3 is 2.46 bits per heavy atom. The number of aromatic nitrogens is 1. The standard InChI is InChI=1S/C18H16ClN3OS/c1-18(23)16(22-9-3-2-4-10-22)15(14(11-20)17(24)21-18)12-5-7-13(19)8-6-12/h2-10,15-16,20,23H,1H3/p+1/t15-,16+,18+/m0/s1. The third-order valence-electron chi connectivity index (χ3n) is 4.24. The molecule has 122 valence electrons. The molecule has 0 aliphatic carbocycles. The molecule has 2 heterocycles. The van der Waals surface area contributed by atoms with Gasteiger partial charge in [0, 0.05) is 17.2 Å². The largest absolute Gasteiger partial charge is 0.366 e. The fourth-order valence-electron chi connectivity index (χ4n) is 3.21. The number of benzene rings is 1. The van der Waals surface area contributed by atoms with Gasteiger partial charge in [0.1, 0.15) is 4.99 Å². The van der Waals surface area contributed by atoms with Gasteiger partial charge in [0.05, 0.1) is 11.5 Å². The van der Waals surface area contributed by atoms with Crippen molar-refractivity contribution in [2.45, 2.75) is 24.6 Å². The molecule has 1 aromatic carbocycles. The summed E-state index contributed by atoms with van der Waals surface area (Å²) in [6.07, 6.45) is 3.78. The molecule has 0 unspecified atom stereocenters. The van der Waals surface area contributed by atoms with Crippen molar-refractivity contribution in [3.8, 4) is 0 Å². The van der Waals surface area contributed by atoms with E-state index in [-0.39, 0.29) is 5.92 Å². The zero-order valence-electron chi connectivity index (χ0n) is 13.0. The van der Waals surface area contributed by atoms with E-state index in [0.29, 0.717) is 15.6 Å². The van der Waals surface area contributed by atoms with Gasteiger partial charge in [-0.15, -0.1) is 0 Å². The van der Waals surface area contributed by atoms with Crippen LogP contribution in [-0.2, 0) is 0 Å². The Morgan fingerprint density at radius 2 is 1.88 bits per heavy atom. The molecule has 1 aliphatic heterocycles. The Morgan fingerprint density at radius 1 is 1.25 bits per heavy atom. The van der Waals surface area contributed by atoms with E-state index < -0.39 is 11.8 Å². The summed E-state index contributed by atoms with van der Waals surface area (Å²) < 4.78 is 1.92. The van der Waals surface area contributed by atoms with E-state index >= 15 is 0 Å². The van der Waals surface area contributed by atoms with Crippen LogP contribution >= 0.6 is 23.8 Å². The van der Waals surface area contributed by atoms with E-state index in [1.54, 1.807) is 19.1 Å². The maximum atomic E-state index is 11.0. The number of nitrogens with one attached hydrogen (secondary N) is 2. The predicted molar refractivity (Wildman–Crippen MR) is 97.5 cm³/mol. The molecule has 3 rings (SSSR count). The second-order valence-corrected chi connectivity index (χ2v) is 6.78. The Labute approximate surface area is 150 Å². The summed E-state index contributed by atoms with van der Waals surface area (Å²) in [4.78, 5) is 0.336. The molecule has 1 fully saturated rings. The van der Waals surface area contributed by atoms with Crippen LogP contribution in [0.3, 0.4) is 0 Å². The first-order valence-corrected chi connectivity index (χ1v) is 8.28. The molecule has 0 bridgehead atoms. The molecule has 0 spiro atoms. The molecule has 1 aliphatic rings. The molecule has 1 aromatic heterocycles. The van der Waals surface area contributed by atoms with E-state index in [4.69, 9.17) is 29.2 Å². The van der Waals surface area contributed by atoms with E-state index in [0.717, 1.165) is 5.56 Å². The first-order chi connectivity index (χ1) is 11.4. The molecular formula is C18H17ClN3OS+. The predicted octanol–water partition coefficient (Wildman–Crippen LogP) is 2.77. The molecule has 24 heavy (non-hydrogen) atoms. The van der Waals surface area contributed by atoms with E-state index in [9.17, 15) is 5.11 Å². The minimum absolute atomic E-state index is 0.323. The molecule has 0 radical (unpaired) electrons. The number of hydrogen-bond donors (Lipinski definition) is 3. The topological polar surface area (TPSA) is 60.0 Å². The molecule has 4 nitrogen and oxygen atoms in total. The number of hydrogen-bond acceptors (Lipinski definition) is 3. The number of thiocarbonyl (C=S) groups is 1. The zero-order valence-corrected chi connectivity index (χ0v) is 14.6. The summed E-state index contributed by atoms with van der Waals surface area (Å²) >= 11 is 11.4. The smallest absolute Gasteiger partial charge is 0.216 e. The number of rotatable bonds is 2. The normalized spacial score (nSPS) is 26.6. The number of piperidine rings is 1. The Bertz CT molecular complexity index is 814. The first-order valence-electron chi connectivity index (χ1n) is 7.50. The third-order valence-corrected chi connectivity index (χ3v) is 4.81. The van der Waals surface area contributed by atoms with Crippen LogP contribution in [0.4, 0.5) is 0 Å². The van der Waals surface area contributed by atoms with Gasteiger partial charge in [0.2, 0.25) is 6.04 Å². The van der Waals surface area contributed by atoms with Crippen LogP contribution in [0.5, 0.6) is 0 Å². The highest BCUT2D eigenvalue weighted by atomic mass is 35.5. The Kier molecular flexibility index (Phi) is 4.52. The van der Waals surface area contributed by atoms with E-state index in [2.05, 4.69) is 11.2 Å². The Hall–Kier alpha value is -2.04. The van der Waals surface area contributed by atoms with Crippen molar-refractivity contribution in [2.24, 2.45) is 0 Å². The fraction of sp³-hybridized carbons (Fsp3) is 0.222. The van der Waals surface area contributed by atoms with Crippen LogP contribution in [0.1, 0.15) is 24.4 Å². The molecule has 6 heteroatoms. The lowest BCUT2D eigenvalue weighted by atomic mass is 9.77. The maximum Gasteiger partial charge on any atom is 0.216 e. The van der Waals surface area contributed by atoms with Gasteiger partial charge >= 0.3 is 0 Å². The summed E-state index contributed by atoms with van der Waals surface area (Å²) in [6.45, 7) is 1.69. The van der Waals surface area contributed by atoms with Crippen molar-refractivity contribution < 1.29 is 9.67 Å². The summed E-state index contributed by atoms with van der Waals surface area (Å²) in [5.74, 6) is 2.14. The third kappa shape index (κ3) is 2.99. The van der Waals surface area contributed by atoms with Crippen LogP contribution in [0.25, 0.3) is 0 Å². The SMILES string of the molecule is C[C@]1(O)NC(=S)C(=C=N)[C@H](c2ccc(Cl)cc2)[C@H]1[n+]1ccccc1. The van der Waals surface area contributed by atoms with Crippen molar-refractivity contribution in [3.05, 3.63) is 71.0 Å². The average molecular weight is 359 g/mol. The van der Waals surface area contributed by atoms with Crippen molar-refractivity contribution in [1.82, 2.24) is 5.32 Å². The summed E-state index contributed by atoms with van der Waals surface area (Å²) in [6, 6.07) is 12.7. The second-order valence-electron chi connectivity index (χ2n) is 5.94. The van der Waals surface area contributed by atoms with Crippen molar-refractivity contribution in [2.75, 3.05) is 0 Å². The highest BCUT2D eigenvalue weighted by molar-refractivity contribution is 7.80. The van der Waals surface area contributed by atoms with Crippen LogP contribution in [0.2, 0.25) is 5.02 Å². The van der Waals surface area contributed by atoms with Crippen LogP contribution in [0.15, 0.2) is 60.4 Å². The lowest BCUT2D eigenvalue weighted by Crippen LogP contribution is -2.65. The summed E-state index contributed by atoms with van der Waals surface area (Å²) in [5, 5.41) is 22.3. The van der Waals surface area contributed by atoms with Gasteiger partial charge in [-0.3, -0.25) is 5.41 Å². The van der Waals surface area contributed by atoms with Gasteiger partial charge in [-0.2, -0.15) is 4.57 Å². The first kappa shape index (κ1) is 16.8. The lowest BCUT2D eigenvalue weighted by molar-refractivity contribution is -0.740. The number of halogens is 1. The van der Waals surface area contributed by atoms with Crippen molar-refractivity contribution in [1.29, 1.82) is 5.41 Å². The summed E-state index contributed by atoms with van der Waals surface area (Å²) in [5.41, 5.74) is 0.174. The van der Waals surface area contributed by atoms with Crippen LogP contribution in [-0.4, -0.2) is 21.7 Å². The second kappa shape index (κ2) is 6.46. The fourth-order valence-corrected chi connectivity index (χ4v) is 3.72. The minimum atomic E-state index is -1.28. The van der Waals surface area contributed by atoms with Gasteiger partial charge in [-0.25, -0.2) is 0 Å². The number of aliphatic hydroxyl groups is 1. The molecule has 0 saturated carbocycles. The quantitative estimate of drug-likeness (QED) is 0.335. The lowest BCUT2D eigenvalue weighted by Gasteiger charge is -2.40. The molecule has 1 saturated heterocycles. The Balaban J connectivity index is 2.21. The maximum absolute atomic E-state index is 11.0. The van der Waals surface area contributed by atoms with E-state index in [1.165, 1.54) is 0 Å². The zero-order chi connectivity index (χ0) is 17.3. The molecule has 3 atom stereocenters. The highest BCUT2D eigenvalue weighted by Gasteiger charge is 2.52. The molecular weight excluding hydrogens is 342 g/mol. The van der Waals surface area contributed by atoms with Gasteiger partial charge < -0.3 is 10.4 Å². The number of pyridine rings is 1. The summed E-state index contributed by atoms with van der Waals surface area (Å²) in [7, 11) is 0. The van der Waals surface area contributed by atoms with E-state index in [1.807, 2.05) is 47.3 Å². The minimum Gasteiger partial charge on any atom is -0.366 e. The van der Waals surface area contributed by atoms with Crippen molar-refractivity contribution in [3.63, 3.8) is 0 Å². The monoisotopic (exact) mass is 358 g/mol. The number of nitrogens with zero attached hydrogens (tertiary/aromatic N) is 1.